The molecule has 1 aromatic carbocycles. The Morgan fingerprint density at radius 3 is 2.48 bits per heavy atom. The minimum Gasteiger partial charge on any atom is -0.494 e. The Labute approximate surface area is 125 Å². The largest absolute Gasteiger partial charge is 0.494 e. The summed E-state index contributed by atoms with van der Waals surface area (Å²) >= 11 is 0. The first-order chi connectivity index (χ1) is 10.3. The van der Waals surface area contributed by atoms with Gasteiger partial charge in [-0.15, -0.1) is 0 Å². The van der Waals surface area contributed by atoms with Gasteiger partial charge in [-0.25, -0.2) is 10.8 Å². The number of rotatable bonds is 8. The van der Waals surface area contributed by atoms with Gasteiger partial charge in [0.15, 0.2) is 11.6 Å². The highest BCUT2D eigenvalue weighted by molar-refractivity contribution is 5.48. The van der Waals surface area contributed by atoms with Crippen LogP contribution in [0.1, 0.15) is 18.4 Å². The summed E-state index contributed by atoms with van der Waals surface area (Å²) in [5.41, 5.74) is 3.75. The van der Waals surface area contributed by atoms with Crippen LogP contribution in [-0.2, 0) is 0 Å². The van der Waals surface area contributed by atoms with Crippen LogP contribution in [0.5, 0.6) is 11.5 Å². The van der Waals surface area contributed by atoms with Crippen LogP contribution < -0.4 is 20.7 Å². The van der Waals surface area contributed by atoms with Gasteiger partial charge in [0.05, 0.1) is 13.2 Å². The molecule has 21 heavy (non-hydrogen) atoms. The standard InChI is InChI=1S/C16H21N3O2/c1-13-6-8-14(9-7-13)20-11-2-3-12-21-15-5-4-10-18-16(15)19-17/h4-10H,2-3,11-12,17H2,1H3,(H,18,19). The average Bonchev–Trinajstić information content (AvgIpc) is 2.53. The monoisotopic (exact) mass is 287 g/mol. The van der Waals surface area contributed by atoms with Crippen LogP contribution in [0.4, 0.5) is 5.82 Å². The lowest BCUT2D eigenvalue weighted by Crippen LogP contribution is -2.11. The van der Waals surface area contributed by atoms with Gasteiger partial charge in [-0.2, -0.15) is 0 Å². The van der Waals surface area contributed by atoms with Crippen molar-refractivity contribution in [1.29, 1.82) is 0 Å². The van der Waals surface area contributed by atoms with Gasteiger partial charge >= 0.3 is 0 Å². The van der Waals surface area contributed by atoms with Gasteiger partial charge in [0.2, 0.25) is 0 Å². The third kappa shape index (κ3) is 4.96. The summed E-state index contributed by atoms with van der Waals surface area (Å²) in [5, 5.41) is 0. The van der Waals surface area contributed by atoms with Gasteiger partial charge in [0, 0.05) is 6.20 Å². The van der Waals surface area contributed by atoms with Crippen LogP contribution in [0.2, 0.25) is 0 Å². The number of ether oxygens (including phenoxy) is 2. The van der Waals surface area contributed by atoms with Crippen LogP contribution in [0.15, 0.2) is 42.6 Å². The lowest BCUT2D eigenvalue weighted by Gasteiger charge is -2.10. The number of hydrazine groups is 1. The number of nitrogens with two attached hydrogens (primary N) is 1. The van der Waals surface area contributed by atoms with E-state index in [4.69, 9.17) is 15.3 Å². The summed E-state index contributed by atoms with van der Waals surface area (Å²) in [6.45, 7) is 3.35. The Morgan fingerprint density at radius 1 is 1.05 bits per heavy atom. The van der Waals surface area contributed by atoms with E-state index in [1.165, 1.54) is 5.56 Å². The zero-order valence-electron chi connectivity index (χ0n) is 12.2. The Hall–Kier alpha value is -2.27. The molecule has 1 heterocycles. The maximum atomic E-state index is 5.66. The fourth-order valence-corrected chi connectivity index (χ4v) is 1.83. The number of nitrogens with zero attached hydrogens (tertiary/aromatic N) is 1. The zero-order valence-corrected chi connectivity index (χ0v) is 12.2. The van der Waals surface area contributed by atoms with Crippen molar-refractivity contribution in [2.75, 3.05) is 18.6 Å². The van der Waals surface area contributed by atoms with Crippen molar-refractivity contribution in [2.24, 2.45) is 5.84 Å². The second-order valence-corrected chi connectivity index (χ2v) is 4.71. The van der Waals surface area contributed by atoms with Gasteiger partial charge < -0.3 is 14.9 Å². The number of benzene rings is 1. The lowest BCUT2D eigenvalue weighted by molar-refractivity contribution is 0.266. The second-order valence-electron chi connectivity index (χ2n) is 4.71. The van der Waals surface area contributed by atoms with Crippen LogP contribution in [0.3, 0.4) is 0 Å². The molecule has 0 saturated heterocycles. The molecule has 0 aliphatic rings. The fraction of sp³-hybridized carbons (Fsp3) is 0.312. The number of aryl methyl sites for hydroxylation is 1. The van der Waals surface area contributed by atoms with E-state index in [0.717, 1.165) is 18.6 Å². The Morgan fingerprint density at radius 2 is 1.76 bits per heavy atom. The number of hydrogen-bond donors (Lipinski definition) is 2. The Bertz CT molecular complexity index is 543. The summed E-state index contributed by atoms with van der Waals surface area (Å²) in [5.74, 6) is 7.49. The highest BCUT2D eigenvalue weighted by Gasteiger charge is 2.02. The molecular formula is C16H21N3O2. The van der Waals surface area contributed by atoms with Crippen LogP contribution in [0, 0.1) is 6.92 Å². The van der Waals surface area contributed by atoms with Crippen molar-refractivity contribution in [3.8, 4) is 11.5 Å². The van der Waals surface area contributed by atoms with Gasteiger partial charge in [-0.1, -0.05) is 17.7 Å². The van der Waals surface area contributed by atoms with E-state index < -0.39 is 0 Å². The van der Waals surface area contributed by atoms with E-state index in [9.17, 15) is 0 Å². The Balaban J connectivity index is 1.63. The van der Waals surface area contributed by atoms with Crippen molar-refractivity contribution < 1.29 is 9.47 Å². The second kappa shape index (κ2) is 8.11. The average molecular weight is 287 g/mol. The molecule has 0 spiro atoms. The van der Waals surface area contributed by atoms with E-state index in [1.807, 2.05) is 36.4 Å². The summed E-state index contributed by atoms with van der Waals surface area (Å²) in [6.07, 6.45) is 3.50. The first-order valence-electron chi connectivity index (χ1n) is 7.03. The topological polar surface area (TPSA) is 69.4 Å². The predicted octanol–water partition coefficient (Wildman–Crippen LogP) is 2.91. The molecule has 5 heteroatoms. The summed E-state index contributed by atoms with van der Waals surface area (Å²) in [7, 11) is 0. The van der Waals surface area contributed by atoms with Gasteiger partial charge in [-0.3, -0.25) is 0 Å². The number of unbranched alkanes of at least 4 members (excludes halogenated alkanes) is 1. The third-order valence-corrected chi connectivity index (χ3v) is 2.99. The highest BCUT2D eigenvalue weighted by atomic mass is 16.5. The normalized spacial score (nSPS) is 10.2. The van der Waals surface area contributed by atoms with Crippen LogP contribution in [-0.4, -0.2) is 18.2 Å². The summed E-state index contributed by atoms with van der Waals surface area (Å²) in [4.78, 5) is 4.07. The number of nitrogens with one attached hydrogen (secondary N) is 1. The number of hydrogen-bond acceptors (Lipinski definition) is 5. The molecule has 0 aliphatic carbocycles. The molecule has 2 aromatic rings. The minimum absolute atomic E-state index is 0.549. The highest BCUT2D eigenvalue weighted by Crippen LogP contribution is 2.19. The molecule has 0 amide bonds. The molecule has 0 fully saturated rings. The first kappa shape index (κ1) is 15.1. The van der Waals surface area contributed by atoms with E-state index in [0.29, 0.717) is 24.8 Å². The maximum absolute atomic E-state index is 5.66. The maximum Gasteiger partial charge on any atom is 0.182 e. The quantitative estimate of drug-likeness (QED) is 0.444. The summed E-state index contributed by atoms with van der Waals surface area (Å²) in [6, 6.07) is 11.7. The van der Waals surface area contributed by atoms with Crippen molar-refractivity contribution in [3.05, 3.63) is 48.2 Å². The molecule has 1 aromatic heterocycles. The number of nitrogen functional groups attached to an aromatic ring is 1. The number of aromatic nitrogens is 1. The first-order valence-corrected chi connectivity index (χ1v) is 7.03. The van der Waals surface area contributed by atoms with Gasteiger partial charge in [-0.05, 0) is 44.0 Å². The number of pyridine rings is 1. The van der Waals surface area contributed by atoms with E-state index in [1.54, 1.807) is 6.20 Å². The molecule has 0 atom stereocenters. The summed E-state index contributed by atoms with van der Waals surface area (Å²) < 4.78 is 11.3. The minimum atomic E-state index is 0.549. The molecular weight excluding hydrogens is 266 g/mol. The Kier molecular flexibility index (Phi) is 5.84. The molecule has 2 rings (SSSR count). The van der Waals surface area contributed by atoms with E-state index in [2.05, 4.69) is 17.3 Å². The molecule has 0 radical (unpaired) electrons. The van der Waals surface area contributed by atoms with Crippen molar-refractivity contribution in [2.45, 2.75) is 19.8 Å². The third-order valence-electron chi connectivity index (χ3n) is 2.99. The van der Waals surface area contributed by atoms with Gasteiger partial charge in [0.25, 0.3) is 0 Å². The lowest BCUT2D eigenvalue weighted by atomic mass is 10.2. The van der Waals surface area contributed by atoms with Crippen LogP contribution in [0.25, 0.3) is 0 Å². The SMILES string of the molecule is Cc1ccc(OCCCCOc2cccnc2NN)cc1. The fourth-order valence-electron chi connectivity index (χ4n) is 1.83. The van der Waals surface area contributed by atoms with Gasteiger partial charge in [0.1, 0.15) is 5.75 Å². The molecule has 0 bridgehead atoms. The van der Waals surface area contributed by atoms with Crippen molar-refractivity contribution >= 4 is 5.82 Å². The molecule has 112 valence electrons. The predicted molar refractivity (Wildman–Crippen MR) is 83.5 cm³/mol. The van der Waals surface area contributed by atoms with E-state index in [-0.39, 0.29) is 0 Å². The molecule has 5 nitrogen and oxygen atoms in total. The zero-order chi connectivity index (χ0) is 14.9. The molecule has 0 saturated carbocycles. The molecule has 0 aliphatic heterocycles. The van der Waals surface area contributed by atoms with Crippen molar-refractivity contribution in [1.82, 2.24) is 4.98 Å². The smallest absolute Gasteiger partial charge is 0.182 e. The van der Waals surface area contributed by atoms with Crippen molar-refractivity contribution in [3.63, 3.8) is 0 Å². The van der Waals surface area contributed by atoms with Crippen LogP contribution >= 0.6 is 0 Å². The molecule has 3 N–H and O–H groups in total. The molecule has 0 unspecified atom stereocenters. The number of anilines is 1. The van der Waals surface area contributed by atoms with E-state index >= 15 is 0 Å².